The number of halogens is 1. The second-order valence-corrected chi connectivity index (χ2v) is 6.17. The standard InChI is InChI=1S/C17H16BrNO/c1-11-3-5-13(6-4-11)9-19-10-14-8-15(18)7-12(2)16(14)17(19)20/h3-8,10,20H,9H2,1-2H3. The van der Waals surface area contributed by atoms with Crippen molar-refractivity contribution in [3.05, 3.63) is 63.8 Å². The van der Waals surface area contributed by atoms with Crippen molar-refractivity contribution < 1.29 is 5.11 Å². The van der Waals surface area contributed by atoms with Crippen molar-refractivity contribution in [3.8, 4) is 5.88 Å². The monoisotopic (exact) mass is 329 g/mol. The first-order valence-electron chi connectivity index (χ1n) is 6.58. The van der Waals surface area contributed by atoms with E-state index in [-0.39, 0.29) is 0 Å². The van der Waals surface area contributed by atoms with Gasteiger partial charge in [-0.3, -0.25) is 0 Å². The first-order chi connectivity index (χ1) is 9.54. The quantitative estimate of drug-likeness (QED) is 0.719. The van der Waals surface area contributed by atoms with Gasteiger partial charge in [0.2, 0.25) is 0 Å². The minimum absolute atomic E-state index is 0.338. The van der Waals surface area contributed by atoms with Gasteiger partial charge in [0.1, 0.15) is 0 Å². The van der Waals surface area contributed by atoms with E-state index in [4.69, 9.17) is 0 Å². The van der Waals surface area contributed by atoms with E-state index in [0.29, 0.717) is 12.4 Å². The molecule has 0 spiro atoms. The van der Waals surface area contributed by atoms with Crippen LogP contribution >= 0.6 is 15.9 Å². The number of hydrogen-bond donors (Lipinski definition) is 1. The van der Waals surface area contributed by atoms with Gasteiger partial charge in [0.15, 0.2) is 5.88 Å². The molecule has 0 saturated heterocycles. The predicted octanol–water partition coefficient (Wildman–Crippen LogP) is 4.77. The summed E-state index contributed by atoms with van der Waals surface area (Å²) in [7, 11) is 0. The van der Waals surface area contributed by atoms with E-state index in [2.05, 4.69) is 47.1 Å². The van der Waals surface area contributed by atoms with Crippen molar-refractivity contribution in [3.63, 3.8) is 0 Å². The maximum Gasteiger partial charge on any atom is 0.199 e. The van der Waals surface area contributed by atoms with E-state index >= 15 is 0 Å². The van der Waals surface area contributed by atoms with Crippen LogP contribution in [0.2, 0.25) is 0 Å². The largest absolute Gasteiger partial charge is 0.494 e. The molecule has 1 heterocycles. The van der Waals surface area contributed by atoms with Crippen molar-refractivity contribution in [2.24, 2.45) is 0 Å². The van der Waals surface area contributed by atoms with E-state index in [1.54, 1.807) is 0 Å². The molecule has 0 radical (unpaired) electrons. The van der Waals surface area contributed by atoms with Crippen LogP contribution in [0.25, 0.3) is 10.8 Å². The van der Waals surface area contributed by atoms with Crippen LogP contribution in [-0.2, 0) is 6.54 Å². The second kappa shape index (κ2) is 4.98. The fourth-order valence-corrected chi connectivity index (χ4v) is 3.15. The van der Waals surface area contributed by atoms with Gasteiger partial charge in [0.05, 0.1) is 6.54 Å². The van der Waals surface area contributed by atoms with Gasteiger partial charge in [-0.1, -0.05) is 45.8 Å². The van der Waals surface area contributed by atoms with Crippen LogP contribution in [0.4, 0.5) is 0 Å². The lowest BCUT2D eigenvalue weighted by atomic mass is 10.1. The third-order valence-corrected chi connectivity index (χ3v) is 4.05. The van der Waals surface area contributed by atoms with Crippen LogP contribution in [0.5, 0.6) is 5.88 Å². The van der Waals surface area contributed by atoms with E-state index < -0.39 is 0 Å². The lowest BCUT2D eigenvalue weighted by Gasteiger charge is -2.06. The fraction of sp³-hybridized carbons (Fsp3) is 0.176. The molecule has 0 aliphatic carbocycles. The molecule has 3 heteroatoms. The molecule has 0 atom stereocenters. The van der Waals surface area contributed by atoms with Crippen LogP contribution in [-0.4, -0.2) is 9.67 Å². The summed E-state index contributed by atoms with van der Waals surface area (Å²) in [6.45, 7) is 4.77. The summed E-state index contributed by atoms with van der Waals surface area (Å²) in [6.07, 6.45) is 2.00. The Hall–Kier alpha value is -1.74. The van der Waals surface area contributed by atoms with E-state index in [9.17, 15) is 5.11 Å². The second-order valence-electron chi connectivity index (χ2n) is 5.25. The van der Waals surface area contributed by atoms with E-state index in [1.807, 2.05) is 29.8 Å². The minimum atomic E-state index is 0.338. The van der Waals surface area contributed by atoms with Crippen LogP contribution < -0.4 is 0 Å². The van der Waals surface area contributed by atoms with Gasteiger partial charge < -0.3 is 9.67 Å². The maximum atomic E-state index is 10.4. The zero-order valence-electron chi connectivity index (χ0n) is 11.5. The number of rotatable bonds is 2. The van der Waals surface area contributed by atoms with Crippen LogP contribution in [0, 0.1) is 13.8 Å². The van der Waals surface area contributed by atoms with Gasteiger partial charge in [0.25, 0.3) is 0 Å². The lowest BCUT2D eigenvalue weighted by Crippen LogP contribution is -1.97. The molecule has 0 bridgehead atoms. The maximum absolute atomic E-state index is 10.4. The van der Waals surface area contributed by atoms with Crippen molar-refractivity contribution in [1.82, 2.24) is 4.57 Å². The summed E-state index contributed by atoms with van der Waals surface area (Å²) in [5.74, 6) is 0.338. The molecule has 2 aromatic carbocycles. The Balaban J connectivity index is 2.06. The van der Waals surface area contributed by atoms with Crippen LogP contribution in [0.1, 0.15) is 16.7 Å². The topological polar surface area (TPSA) is 25.2 Å². The Morgan fingerprint density at radius 3 is 2.50 bits per heavy atom. The molecule has 20 heavy (non-hydrogen) atoms. The van der Waals surface area contributed by atoms with Crippen molar-refractivity contribution in [1.29, 1.82) is 0 Å². The highest BCUT2D eigenvalue weighted by Crippen LogP contribution is 2.33. The first kappa shape index (κ1) is 13.3. The number of benzene rings is 2. The van der Waals surface area contributed by atoms with Gasteiger partial charge in [-0.25, -0.2) is 0 Å². The Kier molecular flexibility index (Phi) is 3.30. The molecule has 102 valence electrons. The molecule has 0 saturated carbocycles. The van der Waals surface area contributed by atoms with Gasteiger partial charge in [0, 0.05) is 21.4 Å². The van der Waals surface area contributed by atoms with Gasteiger partial charge >= 0.3 is 0 Å². The van der Waals surface area contributed by atoms with Crippen LogP contribution in [0.3, 0.4) is 0 Å². The highest BCUT2D eigenvalue weighted by molar-refractivity contribution is 9.10. The lowest BCUT2D eigenvalue weighted by molar-refractivity contribution is 0.430. The number of nitrogens with zero attached hydrogens (tertiary/aromatic N) is 1. The van der Waals surface area contributed by atoms with E-state index in [0.717, 1.165) is 20.8 Å². The number of aromatic hydroxyl groups is 1. The molecule has 1 N–H and O–H groups in total. The molecule has 3 rings (SSSR count). The molecular weight excluding hydrogens is 314 g/mol. The average molecular weight is 330 g/mol. The zero-order chi connectivity index (χ0) is 14.3. The Morgan fingerprint density at radius 1 is 1.10 bits per heavy atom. The predicted molar refractivity (Wildman–Crippen MR) is 86.3 cm³/mol. The zero-order valence-corrected chi connectivity index (χ0v) is 13.1. The molecular formula is C17H16BrNO. The summed E-state index contributed by atoms with van der Waals surface area (Å²) in [6, 6.07) is 12.4. The highest BCUT2D eigenvalue weighted by atomic mass is 79.9. The molecule has 0 aliphatic rings. The SMILES string of the molecule is Cc1ccc(Cn2cc3cc(Br)cc(C)c3c2O)cc1. The Morgan fingerprint density at radius 2 is 1.80 bits per heavy atom. The number of aryl methyl sites for hydroxylation is 2. The number of aromatic nitrogens is 1. The fourth-order valence-electron chi connectivity index (χ4n) is 2.56. The molecule has 0 aliphatic heterocycles. The summed E-state index contributed by atoms with van der Waals surface area (Å²) in [5.41, 5.74) is 3.51. The summed E-state index contributed by atoms with van der Waals surface area (Å²) < 4.78 is 2.93. The van der Waals surface area contributed by atoms with Crippen LogP contribution in [0.15, 0.2) is 47.1 Å². The highest BCUT2D eigenvalue weighted by Gasteiger charge is 2.11. The molecule has 0 unspecified atom stereocenters. The normalized spacial score (nSPS) is 11.2. The Bertz CT molecular complexity index is 772. The smallest absolute Gasteiger partial charge is 0.199 e. The third-order valence-electron chi connectivity index (χ3n) is 3.59. The van der Waals surface area contributed by atoms with Crippen molar-refractivity contribution in [2.75, 3.05) is 0 Å². The molecule has 3 aromatic rings. The van der Waals surface area contributed by atoms with Gasteiger partial charge in [-0.05, 0) is 37.1 Å². The summed E-state index contributed by atoms with van der Waals surface area (Å²) >= 11 is 3.50. The molecule has 1 aromatic heterocycles. The Labute approximate surface area is 126 Å². The summed E-state index contributed by atoms with van der Waals surface area (Å²) in [4.78, 5) is 0. The van der Waals surface area contributed by atoms with Gasteiger partial charge in [-0.2, -0.15) is 0 Å². The van der Waals surface area contributed by atoms with Crippen molar-refractivity contribution in [2.45, 2.75) is 20.4 Å². The average Bonchev–Trinajstić information content (AvgIpc) is 2.69. The minimum Gasteiger partial charge on any atom is -0.494 e. The molecule has 0 fully saturated rings. The molecule has 0 amide bonds. The summed E-state index contributed by atoms with van der Waals surface area (Å²) in [5, 5.41) is 12.4. The third kappa shape index (κ3) is 2.34. The molecule has 2 nitrogen and oxygen atoms in total. The van der Waals surface area contributed by atoms with Crippen molar-refractivity contribution >= 4 is 26.7 Å². The first-order valence-corrected chi connectivity index (χ1v) is 7.37. The van der Waals surface area contributed by atoms with E-state index in [1.165, 1.54) is 11.1 Å². The number of hydrogen-bond acceptors (Lipinski definition) is 1. The van der Waals surface area contributed by atoms with Gasteiger partial charge in [-0.15, -0.1) is 0 Å². The number of fused-ring (bicyclic) bond motifs is 1.